The molecule has 5 heteroatoms. The SMILES string of the molecule is COc1ccccc1NC(c1ccc2ccccc2c1)[C@]1(C)C(=O)N(c2ccccc2OC)[C@H]1c1ccc2ccccc2c1. The number of fused-ring (bicyclic) bond motifs is 2. The van der Waals surface area contributed by atoms with Gasteiger partial charge >= 0.3 is 0 Å². The Bertz CT molecular complexity index is 1920. The minimum absolute atomic E-state index is 0.0146. The number of rotatable bonds is 8. The molecule has 0 aromatic heterocycles. The normalized spacial score (nSPS) is 18.6. The Morgan fingerprint density at radius 3 is 1.93 bits per heavy atom. The Kier molecular flexibility index (Phi) is 6.94. The second-order valence-electron chi connectivity index (χ2n) is 11.5. The number of amides is 1. The standard InChI is InChI=1S/C39H34N2O3/c1-39(36(40-32-16-8-10-18-34(32)43-2)30-22-20-26-12-4-6-14-28(26)24-30)37(31-23-21-27-13-5-7-15-29(27)25-31)41(38(39)42)33-17-9-11-19-35(33)44-3/h4-25,36-37,40H,1-3H3/t36?,37-,39-/m0/s1. The smallest absolute Gasteiger partial charge is 0.238 e. The number of β-lactam (4-membered cyclic amide) rings is 1. The Balaban J connectivity index is 1.44. The van der Waals surface area contributed by atoms with E-state index in [1.54, 1.807) is 14.2 Å². The highest BCUT2D eigenvalue weighted by molar-refractivity contribution is 6.08. The van der Waals surface area contributed by atoms with Crippen LogP contribution in [0.4, 0.5) is 11.4 Å². The summed E-state index contributed by atoms with van der Waals surface area (Å²) in [5, 5.41) is 8.35. The van der Waals surface area contributed by atoms with Gasteiger partial charge in [0.15, 0.2) is 0 Å². The van der Waals surface area contributed by atoms with Gasteiger partial charge in [-0.2, -0.15) is 0 Å². The molecule has 0 saturated carbocycles. The van der Waals surface area contributed by atoms with E-state index in [-0.39, 0.29) is 11.9 Å². The van der Waals surface area contributed by atoms with Crippen LogP contribution in [0.3, 0.4) is 0 Å². The van der Waals surface area contributed by atoms with E-state index in [9.17, 15) is 4.79 Å². The first-order valence-electron chi connectivity index (χ1n) is 14.9. The maximum Gasteiger partial charge on any atom is 0.238 e. The van der Waals surface area contributed by atoms with Gasteiger partial charge in [0.25, 0.3) is 0 Å². The van der Waals surface area contributed by atoms with Crippen molar-refractivity contribution < 1.29 is 14.3 Å². The van der Waals surface area contributed by atoms with Crippen molar-refractivity contribution in [3.05, 3.63) is 145 Å². The number of hydrogen-bond donors (Lipinski definition) is 1. The molecule has 218 valence electrons. The molecule has 0 radical (unpaired) electrons. The van der Waals surface area contributed by atoms with Crippen molar-refractivity contribution in [2.24, 2.45) is 5.41 Å². The zero-order valence-corrected chi connectivity index (χ0v) is 25.0. The second-order valence-corrected chi connectivity index (χ2v) is 11.5. The first-order chi connectivity index (χ1) is 21.5. The summed E-state index contributed by atoms with van der Waals surface area (Å²) in [5.41, 5.74) is 2.78. The molecule has 7 rings (SSSR count). The summed E-state index contributed by atoms with van der Waals surface area (Å²) in [6.45, 7) is 2.09. The molecule has 6 aromatic carbocycles. The quantitative estimate of drug-likeness (QED) is 0.183. The Hall–Kier alpha value is -5.29. The van der Waals surface area contributed by atoms with Crippen LogP contribution >= 0.6 is 0 Å². The number of para-hydroxylation sites is 4. The number of nitrogens with zero attached hydrogens (tertiary/aromatic N) is 1. The molecular formula is C39H34N2O3. The number of nitrogens with one attached hydrogen (secondary N) is 1. The monoisotopic (exact) mass is 578 g/mol. The van der Waals surface area contributed by atoms with Gasteiger partial charge < -0.3 is 14.8 Å². The molecular weight excluding hydrogens is 544 g/mol. The highest BCUT2D eigenvalue weighted by atomic mass is 16.5. The van der Waals surface area contributed by atoms with Crippen molar-refractivity contribution in [2.75, 3.05) is 24.4 Å². The van der Waals surface area contributed by atoms with Crippen LogP contribution in [-0.4, -0.2) is 20.1 Å². The van der Waals surface area contributed by atoms with E-state index in [2.05, 4.69) is 79.0 Å². The van der Waals surface area contributed by atoms with E-state index in [0.717, 1.165) is 49.8 Å². The minimum Gasteiger partial charge on any atom is -0.495 e. The molecule has 0 spiro atoms. The number of ether oxygens (including phenoxy) is 2. The summed E-state index contributed by atoms with van der Waals surface area (Å²) >= 11 is 0. The van der Waals surface area contributed by atoms with Gasteiger partial charge in [0, 0.05) is 0 Å². The third-order valence-electron chi connectivity index (χ3n) is 9.05. The lowest BCUT2D eigenvalue weighted by Crippen LogP contribution is -2.65. The number of carbonyl (C=O) groups is 1. The second kappa shape index (κ2) is 11.1. The molecule has 1 heterocycles. The molecule has 6 aromatic rings. The third-order valence-corrected chi connectivity index (χ3v) is 9.05. The maximum absolute atomic E-state index is 14.8. The van der Waals surface area contributed by atoms with E-state index >= 15 is 0 Å². The van der Waals surface area contributed by atoms with Crippen LogP contribution in [0.1, 0.15) is 30.1 Å². The molecule has 1 aliphatic heterocycles. The number of hydrogen-bond acceptors (Lipinski definition) is 4. The van der Waals surface area contributed by atoms with Crippen molar-refractivity contribution in [3.63, 3.8) is 0 Å². The van der Waals surface area contributed by atoms with Crippen molar-refractivity contribution in [3.8, 4) is 11.5 Å². The molecule has 1 aliphatic rings. The first kappa shape index (κ1) is 27.5. The minimum atomic E-state index is -0.882. The van der Waals surface area contributed by atoms with Gasteiger partial charge in [0.05, 0.1) is 43.1 Å². The van der Waals surface area contributed by atoms with E-state index in [1.807, 2.05) is 71.6 Å². The summed E-state index contributed by atoms with van der Waals surface area (Å²) in [7, 11) is 3.32. The average molecular weight is 579 g/mol. The van der Waals surface area contributed by atoms with Gasteiger partial charge in [-0.15, -0.1) is 0 Å². The summed E-state index contributed by atoms with van der Waals surface area (Å²) in [6, 6.07) is 44.6. The molecule has 1 saturated heterocycles. The van der Waals surface area contributed by atoms with Crippen LogP contribution in [0.2, 0.25) is 0 Å². The van der Waals surface area contributed by atoms with E-state index < -0.39 is 11.5 Å². The highest BCUT2D eigenvalue weighted by Gasteiger charge is 2.63. The largest absolute Gasteiger partial charge is 0.495 e. The zero-order valence-electron chi connectivity index (χ0n) is 25.0. The lowest BCUT2D eigenvalue weighted by atomic mass is 9.62. The molecule has 1 amide bonds. The van der Waals surface area contributed by atoms with Gasteiger partial charge in [-0.1, -0.05) is 97.1 Å². The lowest BCUT2D eigenvalue weighted by Gasteiger charge is -2.58. The Morgan fingerprint density at radius 2 is 1.23 bits per heavy atom. The predicted octanol–water partition coefficient (Wildman–Crippen LogP) is 8.96. The van der Waals surface area contributed by atoms with Gasteiger partial charge in [-0.05, 0) is 76.0 Å². The molecule has 1 fully saturated rings. The highest BCUT2D eigenvalue weighted by Crippen LogP contribution is 2.60. The van der Waals surface area contributed by atoms with Crippen molar-refractivity contribution >= 4 is 38.8 Å². The number of anilines is 2. The summed E-state index contributed by atoms with van der Waals surface area (Å²) in [6.07, 6.45) is 0. The molecule has 1 N–H and O–H groups in total. The fourth-order valence-corrected chi connectivity index (χ4v) is 6.81. The first-order valence-corrected chi connectivity index (χ1v) is 14.9. The van der Waals surface area contributed by atoms with Crippen LogP contribution in [0.5, 0.6) is 11.5 Å². The van der Waals surface area contributed by atoms with Crippen LogP contribution in [0, 0.1) is 5.41 Å². The van der Waals surface area contributed by atoms with Gasteiger partial charge in [0.1, 0.15) is 11.5 Å². The molecule has 1 unspecified atom stereocenters. The molecule has 0 aliphatic carbocycles. The van der Waals surface area contributed by atoms with Crippen molar-refractivity contribution in [1.29, 1.82) is 0 Å². The summed E-state index contributed by atoms with van der Waals surface area (Å²) < 4.78 is 11.5. The fourth-order valence-electron chi connectivity index (χ4n) is 6.81. The summed E-state index contributed by atoms with van der Waals surface area (Å²) in [5.74, 6) is 1.40. The number of benzene rings is 6. The van der Waals surface area contributed by atoms with Gasteiger partial charge in [-0.25, -0.2) is 0 Å². The van der Waals surface area contributed by atoms with E-state index in [0.29, 0.717) is 5.75 Å². The molecule has 3 atom stereocenters. The van der Waals surface area contributed by atoms with E-state index in [4.69, 9.17) is 9.47 Å². The molecule has 5 nitrogen and oxygen atoms in total. The van der Waals surface area contributed by atoms with Gasteiger partial charge in [0.2, 0.25) is 5.91 Å². The van der Waals surface area contributed by atoms with Crippen LogP contribution in [0.25, 0.3) is 21.5 Å². The maximum atomic E-state index is 14.8. The fraction of sp³-hybridized carbons (Fsp3) is 0.154. The Morgan fingerprint density at radius 1 is 0.659 bits per heavy atom. The van der Waals surface area contributed by atoms with Crippen LogP contribution in [-0.2, 0) is 4.79 Å². The predicted molar refractivity (Wildman–Crippen MR) is 179 cm³/mol. The van der Waals surface area contributed by atoms with Gasteiger partial charge in [-0.3, -0.25) is 9.69 Å². The average Bonchev–Trinajstić information content (AvgIpc) is 3.08. The topological polar surface area (TPSA) is 50.8 Å². The molecule has 0 bridgehead atoms. The molecule has 44 heavy (non-hydrogen) atoms. The number of methoxy groups -OCH3 is 2. The van der Waals surface area contributed by atoms with E-state index in [1.165, 1.54) is 0 Å². The van der Waals surface area contributed by atoms with Crippen LogP contribution < -0.4 is 19.7 Å². The zero-order chi connectivity index (χ0) is 30.3. The van der Waals surface area contributed by atoms with Crippen molar-refractivity contribution in [2.45, 2.75) is 19.0 Å². The Labute approximate surface area is 257 Å². The third kappa shape index (κ3) is 4.44. The summed E-state index contributed by atoms with van der Waals surface area (Å²) in [4.78, 5) is 16.7. The number of carbonyl (C=O) groups excluding carboxylic acids is 1. The van der Waals surface area contributed by atoms with Crippen molar-refractivity contribution in [1.82, 2.24) is 0 Å². The van der Waals surface area contributed by atoms with Crippen LogP contribution in [0.15, 0.2) is 133 Å². The lowest BCUT2D eigenvalue weighted by molar-refractivity contribution is -0.140.